The summed E-state index contributed by atoms with van der Waals surface area (Å²) < 4.78 is 2.65. The minimum Gasteiger partial charge on any atom is -0.309 e. The van der Waals surface area contributed by atoms with Crippen molar-refractivity contribution in [1.29, 1.82) is 0 Å². The number of allylic oxidation sites excluding steroid dienone is 8. The molecule has 2 nitrogen and oxygen atoms in total. The van der Waals surface area contributed by atoms with Crippen molar-refractivity contribution in [1.82, 2.24) is 9.47 Å². The van der Waals surface area contributed by atoms with Gasteiger partial charge in [0.2, 0.25) is 0 Å². The zero-order chi connectivity index (χ0) is 34.9. The molecule has 6 aliphatic rings. The second-order valence-corrected chi connectivity index (χ2v) is 17.0. The molecular formula is C50H52N2. The Kier molecular flexibility index (Phi) is 7.84. The molecule has 262 valence electrons. The highest BCUT2D eigenvalue weighted by molar-refractivity contribution is 5.94. The number of rotatable bonds is 5. The fourth-order valence-electron chi connectivity index (χ4n) is 11.5. The van der Waals surface area contributed by atoms with Crippen molar-refractivity contribution >= 4 is 28.1 Å². The maximum atomic E-state index is 3.03. The molecule has 2 fully saturated rings. The third kappa shape index (κ3) is 5.16. The number of para-hydroxylation sites is 1. The molecule has 0 N–H and O–H groups in total. The maximum absolute atomic E-state index is 3.03. The quantitative estimate of drug-likeness (QED) is 0.191. The second-order valence-electron chi connectivity index (χ2n) is 17.0. The molecule has 0 spiro atoms. The van der Waals surface area contributed by atoms with Crippen LogP contribution in [0, 0.1) is 11.8 Å². The number of fused-ring (bicyclic) bond motifs is 6. The van der Waals surface area contributed by atoms with E-state index in [1.807, 2.05) is 0 Å². The maximum Gasteiger partial charge on any atom is 0.0575 e. The van der Waals surface area contributed by atoms with E-state index in [1.165, 1.54) is 82.2 Å². The van der Waals surface area contributed by atoms with Crippen LogP contribution in [0.1, 0.15) is 99.6 Å². The van der Waals surface area contributed by atoms with Crippen molar-refractivity contribution in [2.24, 2.45) is 11.8 Å². The van der Waals surface area contributed by atoms with Gasteiger partial charge in [0.05, 0.1) is 5.52 Å². The van der Waals surface area contributed by atoms with Crippen LogP contribution < -0.4 is 0 Å². The molecular weight excluding hydrogens is 629 g/mol. The van der Waals surface area contributed by atoms with Crippen molar-refractivity contribution in [2.75, 3.05) is 0 Å². The summed E-state index contributed by atoms with van der Waals surface area (Å²) in [6, 6.07) is 28.8. The van der Waals surface area contributed by atoms with E-state index in [0.29, 0.717) is 23.9 Å². The average Bonchev–Trinajstić information content (AvgIpc) is 3.72. The van der Waals surface area contributed by atoms with Gasteiger partial charge >= 0.3 is 0 Å². The molecule has 2 heteroatoms. The highest BCUT2D eigenvalue weighted by Crippen LogP contribution is 2.57. The number of hydrogen-bond acceptors (Lipinski definition) is 1. The fraction of sp³-hybridized carbons (Fsp3) is 0.360. The number of likely N-dealkylation sites (tertiary alicyclic amines) is 1. The van der Waals surface area contributed by atoms with Crippen LogP contribution in [0.25, 0.3) is 33.8 Å². The molecule has 5 unspecified atom stereocenters. The number of nitrogens with zero attached hydrogens (tertiary/aromatic N) is 2. The van der Waals surface area contributed by atoms with Gasteiger partial charge in [-0.3, -0.25) is 4.90 Å². The lowest BCUT2D eigenvalue weighted by molar-refractivity contribution is 0.0467. The Morgan fingerprint density at radius 3 is 2.40 bits per heavy atom. The summed E-state index contributed by atoms with van der Waals surface area (Å²) in [5.74, 6) is 1.28. The normalized spacial score (nSPS) is 30.9. The molecule has 3 aromatic carbocycles. The van der Waals surface area contributed by atoms with Crippen LogP contribution in [-0.2, 0) is 11.8 Å². The minimum absolute atomic E-state index is 0.0492. The second kappa shape index (κ2) is 12.6. The highest BCUT2D eigenvalue weighted by Gasteiger charge is 2.57. The van der Waals surface area contributed by atoms with Crippen LogP contribution in [0.4, 0.5) is 0 Å². The van der Waals surface area contributed by atoms with E-state index >= 15 is 0 Å². The lowest BCUT2D eigenvalue weighted by Gasteiger charge is -2.49. The van der Waals surface area contributed by atoms with Crippen LogP contribution in [-0.4, -0.2) is 27.1 Å². The largest absolute Gasteiger partial charge is 0.309 e. The van der Waals surface area contributed by atoms with E-state index in [9.17, 15) is 0 Å². The van der Waals surface area contributed by atoms with Gasteiger partial charge in [-0.2, -0.15) is 0 Å². The predicted octanol–water partition coefficient (Wildman–Crippen LogP) is 12.2. The molecule has 2 heterocycles. The topological polar surface area (TPSA) is 8.17 Å². The van der Waals surface area contributed by atoms with E-state index in [4.69, 9.17) is 0 Å². The SMILES string of the molecule is CC1(N2C3CCC=CC3C3C[C@](C)(c4cccc5c6c(n(-c7cccc(C8=CCCC=C8)c7)c45)C=CCC6)CCC32)C=CC(c2ccccc2)=CC1. The van der Waals surface area contributed by atoms with Gasteiger partial charge < -0.3 is 4.57 Å². The van der Waals surface area contributed by atoms with Crippen LogP contribution in [0.2, 0.25) is 0 Å². The van der Waals surface area contributed by atoms with Crippen LogP contribution >= 0.6 is 0 Å². The summed E-state index contributed by atoms with van der Waals surface area (Å²) in [7, 11) is 0. The van der Waals surface area contributed by atoms with Crippen molar-refractivity contribution in [3.8, 4) is 5.69 Å². The fourth-order valence-corrected chi connectivity index (χ4v) is 11.5. The van der Waals surface area contributed by atoms with Crippen LogP contribution in [0.5, 0.6) is 0 Å². The van der Waals surface area contributed by atoms with E-state index in [2.05, 4.69) is 157 Å². The first-order valence-corrected chi connectivity index (χ1v) is 20.2. The van der Waals surface area contributed by atoms with Gasteiger partial charge in [0.15, 0.2) is 0 Å². The van der Waals surface area contributed by atoms with E-state index in [0.717, 1.165) is 32.1 Å². The van der Waals surface area contributed by atoms with Crippen LogP contribution in [0.3, 0.4) is 0 Å². The summed E-state index contributed by atoms with van der Waals surface area (Å²) in [6.45, 7) is 5.16. The van der Waals surface area contributed by atoms with Crippen molar-refractivity contribution in [3.05, 3.63) is 155 Å². The zero-order valence-corrected chi connectivity index (χ0v) is 31.0. The van der Waals surface area contributed by atoms with E-state index in [-0.39, 0.29) is 11.0 Å². The lowest BCUT2D eigenvalue weighted by Crippen LogP contribution is -2.54. The van der Waals surface area contributed by atoms with Crippen molar-refractivity contribution in [3.63, 3.8) is 0 Å². The van der Waals surface area contributed by atoms with Crippen molar-refractivity contribution in [2.45, 2.75) is 101 Å². The van der Waals surface area contributed by atoms with Crippen LogP contribution in [0.15, 0.2) is 127 Å². The van der Waals surface area contributed by atoms with Gasteiger partial charge in [0.25, 0.3) is 0 Å². The smallest absolute Gasteiger partial charge is 0.0575 e. The highest BCUT2D eigenvalue weighted by atomic mass is 15.3. The number of benzene rings is 3. The molecule has 1 aliphatic heterocycles. The number of hydrogen-bond donors (Lipinski definition) is 0. The van der Waals surface area contributed by atoms with Gasteiger partial charge in [-0.15, -0.1) is 0 Å². The molecule has 1 aromatic heterocycles. The zero-order valence-electron chi connectivity index (χ0n) is 31.0. The molecule has 0 radical (unpaired) electrons. The molecule has 1 saturated heterocycles. The third-order valence-corrected chi connectivity index (χ3v) is 13.9. The van der Waals surface area contributed by atoms with Gasteiger partial charge in [-0.1, -0.05) is 122 Å². The molecule has 6 atom stereocenters. The van der Waals surface area contributed by atoms with E-state index in [1.54, 1.807) is 5.56 Å². The first-order valence-electron chi connectivity index (χ1n) is 20.2. The molecule has 0 bridgehead atoms. The Balaban J connectivity index is 1.04. The summed E-state index contributed by atoms with van der Waals surface area (Å²) in [5, 5.41) is 1.46. The molecule has 10 rings (SSSR count). The molecule has 52 heavy (non-hydrogen) atoms. The summed E-state index contributed by atoms with van der Waals surface area (Å²) >= 11 is 0. The lowest BCUT2D eigenvalue weighted by atomic mass is 9.62. The molecule has 4 aromatic rings. The standard InChI is InChI=1S/C50H52N2/c1-49(30-29-47-43(34-49)41-22-10-12-26-46(41)52(47)50(2)31-27-37(28-32-50)35-15-5-3-6-16-35)44-24-14-23-42-40-21-9-11-25-45(40)51(48(42)44)39-20-13-19-38(33-39)36-17-7-4-8-18-36/h3,5-7,10-11,13-20,22-25,27-28,31,33,41,43,46-47H,4,8-9,12,21,26,29-30,32,34H2,1-2H3/t41?,43?,46?,47?,49-,50?/m1/s1. The van der Waals surface area contributed by atoms with Gasteiger partial charge in [0.1, 0.15) is 0 Å². The first kappa shape index (κ1) is 32.3. The Hall–Kier alpha value is -4.40. The summed E-state index contributed by atoms with van der Waals surface area (Å²) in [5.41, 5.74) is 12.8. The van der Waals surface area contributed by atoms with Gasteiger partial charge in [0, 0.05) is 34.4 Å². The van der Waals surface area contributed by atoms with E-state index < -0.39 is 0 Å². The Labute approximate surface area is 310 Å². The Morgan fingerprint density at radius 2 is 1.56 bits per heavy atom. The predicted molar refractivity (Wildman–Crippen MR) is 220 cm³/mol. The molecule has 1 saturated carbocycles. The summed E-state index contributed by atoms with van der Waals surface area (Å²) in [4.78, 5) is 3.03. The van der Waals surface area contributed by atoms with Gasteiger partial charge in [-0.25, -0.2) is 0 Å². The monoisotopic (exact) mass is 680 g/mol. The molecule has 5 aliphatic carbocycles. The average molecular weight is 681 g/mol. The Morgan fingerprint density at radius 1 is 0.712 bits per heavy atom. The number of aromatic nitrogens is 1. The first-order chi connectivity index (χ1) is 25.5. The Bertz CT molecular complexity index is 2220. The third-order valence-electron chi connectivity index (χ3n) is 13.9. The summed E-state index contributed by atoms with van der Waals surface area (Å²) in [6.07, 6.45) is 36.3. The van der Waals surface area contributed by atoms with Gasteiger partial charge in [-0.05, 0) is 140 Å². The number of aryl methyl sites for hydroxylation is 1. The minimum atomic E-state index is 0.0492. The molecule has 0 amide bonds. The van der Waals surface area contributed by atoms with Crippen molar-refractivity contribution < 1.29 is 0 Å².